The van der Waals surface area contributed by atoms with E-state index in [0.717, 1.165) is 22.3 Å². The molecular weight excluding hydrogens is 507 g/mol. The fourth-order valence-corrected chi connectivity index (χ4v) is 4.83. The third-order valence-corrected chi connectivity index (χ3v) is 6.55. The number of pyridine rings is 1. The lowest BCUT2D eigenvalue weighted by molar-refractivity contribution is 0.0898. The second kappa shape index (κ2) is 11.1. The van der Waals surface area contributed by atoms with Gasteiger partial charge in [-0.3, -0.25) is 4.79 Å². The molecule has 1 atom stereocenters. The third-order valence-electron chi connectivity index (χ3n) is 6.01. The molecule has 200 valence electrons. The van der Waals surface area contributed by atoms with Crippen LogP contribution in [-0.4, -0.2) is 33.2 Å². The molecule has 1 aromatic carbocycles. The molecule has 0 radical (unpaired) electrons. The van der Waals surface area contributed by atoms with Crippen molar-refractivity contribution < 1.29 is 9.90 Å². The van der Waals surface area contributed by atoms with E-state index in [2.05, 4.69) is 57.2 Å². The smallest absolute Gasteiger partial charge is 0.268 e. The van der Waals surface area contributed by atoms with Crippen LogP contribution in [0.15, 0.2) is 42.7 Å². The fraction of sp³-hybridized carbons (Fsp3) is 0.448. The first-order valence-electron chi connectivity index (χ1n) is 12.5. The van der Waals surface area contributed by atoms with E-state index in [1.807, 2.05) is 36.7 Å². The van der Waals surface area contributed by atoms with E-state index in [1.165, 1.54) is 0 Å². The zero-order valence-corrected chi connectivity index (χ0v) is 24.4. The van der Waals surface area contributed by atoms with Crippen LogP contribution in [0.2, 0.25) is 10.0 Å². The molecule has 3 aromatic rings. The molecular formula is C29H38Cl2N4O2. The number of nitrogens with one attached hydrogen (secondary N) is 2. The highest BCUT2D eigenvalue weighted by Crippen LogP contribution is 2.42. The average molecular weight is 546 g/mol. The first-order chi connectivity index (χ1) is 17.1. The molecule has 3 rings (SSSR count). The van der Waals surface area contributed by atoms with E-state index in [4.69, 9.17) is 23.2 Å². The van der Waals surface area contributed by atoms with E-state index in [0.29, 0.717) is 21.6 Å². The number of aromatic nitrogens is 2. The van der Waals surface area contributed by atoms with Gasteiger partial charge in [-0.15, -0.1) is 0 Å². The lowest BCUT2D eigenvalue weighted by Crippen LogP contribution is -2.36. The monoisotopic (exact) mass is 544 g/mol. The van der Waals surface area contributed by atoms with Crippen LogP contribution in [0.1, 0.15) is 83.0 Å². The highest BCUT2D eigenvalue weighted by Gasteiger charge is 2.35. The van der Waals surface area contributed by atoms with Gasteiger partial charge in [-0.1, -0.05) is 56.1 Å². The number of hydrogen-bond acceptors (Lipinski definition) is 4. The molecule has 0 saturated heterocycles. The van der Waals surface area contributed by atoms with Crippen LogP contribution in [0, 0.1) is 0 Å². The van der Waals surface area contributed by atoms with Crippen molar-refractivity contribution >= 4 is 34.9 Å². The Kier molecular flexibility index (Phi) is 8.68. The molecule has 1 amide bonds. The van der Waals surface area contributed by atoms with E-state index in [1.54, 1.807) is 24.4 Å². The number of hydrogen-bond donors (Lipinski definition) is 3. The minimum Gasteiger partial charge on any atom is -0.394 e. The maximum absolute atomic E-state index is 14.0. The van der Waals surface area contributed by atoms with Gasteiger partial charge in [0.05, 0.1) is 17.7 Å². The summed E-state index contributed by atoms with van der Waals surface area (Å²) in [5.41, 5.74) is 2.99. The van der Waals surface area contributed by atoms with Crippen molar-refractivity contribution in [3.63, 3.8) is 0 Å². The van der Waals surface area contributed by atoms with E-state index in [9.17, 15) is 9.90 Å². The molecule has 0 spiro atoms. The summed E-state index contributed by atoms with van der Waals surface area (Å²) in [5, 5.41) is 17.6. The van der Waals surface area contributed by atoms with Crippen LogP contribution in [0.3, 0.4) is 0 Å². The summed E-state index contributed by atoms with van der Waals surface area (Å²) in [6.45, 7) is 16.2. The molecule has 0 aliphatic rings. The second-order valence-electron chi connectivity index (χ2n) is 11.7. The summed E-state index contributed by atoms with van der Waals surface area (Å²) < 4.78 is 2.00. The number of nitrogens with zero attached hydrogens (tertiary/aromatic N) is 2. The summed E-state index contributed by atoms with van der Waals surface area (Å²) in [5.74, 6) is 0.431. The Bertz CT molecular complexity index is 1270. The minimum atomic E-state index is -0.614. The van der Waals surface area contributed by atoms with Crippen molar-refractivity contribution in [1.29, 1.82) is 0 Å². The van der Waals surface area contributed by atoms with Gasteiger partial charge in [-0.2, -0.15) is 0 Å². The van der Waals surface area contributed by atoms with Crippen LogP contribution in [-0.2, 0) is 11.0 Å². The number of aliphatic hydroxyl groups excluding tert-OH is 1. The Labute approximate surface area is 230 Å². The van der Waals surface area contributed by atoms with Gasteiger partial charge in [0.1, 0.15) is 11.5 Å². The van der Waals surface area contributed by atoms with E-state index < -0.39 is 17.0 Å². The van der Waals surface area contributed by atoms with Crippen LogP contribution < -0.4 is 10.6 Å². The Morgan fingerprint density at radius 1 is 1.08 bits per heavy atom. The van der Waals surface area contributed by atoms with Gasteiger partial charge in [0.2, 0.25) is 0 Å². The fourth-order valence-electron chi connectivity index (χ4n) is 4.43. The number of benzene rings is 1. The highest BCUT2D eigenvalue weighted by molar-refractivity contribution is 6.33. The molecule has 0 aliphatic carbocycles. The van der Waals surface area contributed by atoms with Gasteiger partial charge in [0.25, 0.3) is 5.91 Å². The summed E-state index contributed by atoms with van der Waals surface area (Å²) in [7, 11) is 0. The number of carbonyl (C=O) groups excluding carboxylic acids is 1. The molecule has 0 unspecified atom stereocenters. The summed E-state index contributed by atoms with van der Waals surface area (Å²) in [6, 6.07) is 8.68. The molecule has 8 heteroatoms. The van der Waals surface area contributed by atoms with Crippen molar-refractivity contribution in [2.24, 2.45) is 0 Å². The van der Waals surface area contributed by atoms with Crippen LogP contribution in [0.25, 0.3) is 11.1 Å². The van der Waals surface area contributed by atoms with Gasteiger partial charge in [-0.25, -0.2) is 4.98 Å². The molecule has 0 aliphatic heterocycles. The van der Waals surface area contributed by atoms with Gasteiger partial charge >= 0.3 is 0 Å². The first kappa shape index (κ1) is 29.0. The van der Waals surface area contributed by atoms with Crippen LogP contribution >= 0.6 is 23.2 Å². The first-order valence-corrected chi connectivity index (χ1v) is 13.2. The summed E-state index contributed by atoms with van der Waals surface area (Å²) in [4.78, 5) is 18.4. The van der Waals surface area contributed by atoms with Crippen molar-refractivity contribution in [2.75, 3.05) is 11.9 Å². The predicted molar refractivity (Wildman–Crippen MR) is 154 cm³/mol. The second-order valence-corrected chi connectivity index (χ2v) is 12.5. The molecule has 0 bridgehead atoms. The van der Waals surface area contributed by atoms with Gasteiger partial charge < -0.3 is 20.3 Å². The van der Waals surface area contributed by atoms with Crippen LogP contribution in [0.5, 0.6) is 0 Å². The highest BCUT2D eigenvalue weighted by atomic mass is 35.5. The quantitative estimate of drug-likeness (QED) is 0.294. The molecule has 0 fully saturated rings. The molecule has 3 N–H and O–H groups in total. The number of aliphatic hydroxyl groups is 1. The third kappa shape index (κ3) is 6.67. The van der Waals surface area contributed by atoms with Gasteiger partial charge in [-0.05, 0) is 69.4 Å². The number of rotatable bonds is 7. The Morgan fingerprint density at radius 2 is 1.76 bits per heavy atom. The lowest BCUT2D eigenvalue weighted by atomic mass is 9.82. The van der Waals surface area contributed by atoms with Crippen LogP contribution in [0.4, 0.5) is 5.82 Å². The average Bonchev–Trinajstić information content (AvgIpc) is 3.20. The SMILES string of the molecule is CC(C)Nc1cc(-c2cn(C(C)(C)C)c(C(=O)N[C@H](CO)c3cccc(Cl)c3)c2C(C)(C)C)c(Cl)cn1. The van der Waals surface area contributed by atoms with Crippen molar-refractivity contribution in [1.82, 2.24) is 14.9 Å². The Hall–Kier alpha value is -2.54. The zero-order chi connectivity index (χ0) is 27.7. The number of anilines is 1. The van der Waals surface area contributed by atoms with Crippen molar-refractivity contribution in [3.8, 4) is 11.1 Å². The molecule has 0 saturated carbocycles. The largest absolute Gasteiger partial charge is 0.394 e. The number of halogens is 2. The van der Waals surface area contributed by atoms with Crippen molar-refractivity contribution in [3.05, 3.63) is 69.6 Å². The normalized spacial score (nSPS) is 13.1. The van der Waals surface area contributed by atoms with E-state index in [-0.39, 0.29) is 18.6 Å². The lowest BCUT2D eigenvalue weighted by Gasteiger charge is -2.28. The summed E-state index contributed by atoms with van der Waals surface area (Å²) >= 11 is 12.9. The Morgan fingerprint density at radius 3 is 2.30 bits per heavy atom. The molecule has 37 heavy (non-hydrogen) atoms. The minimum absolute atomic E-state index is 0.200. The summed E-state index contributed by atoms with van der Waals surface area (Å²) in [6.07, 6.45) is 3.65. The Balaban J connectivity index is 2.23. The standard InChI is InChI=1S/C29H38Cl2N4O2/c1-17(2)33-24-13-20(22(31)14-32-24)21-15-35(29(6,7)8)26(25(21)28(3,4)5)27(37)34-23(16-36)18-10-9-11-19(30)12-18/h9-15,17,23,36H,16H2,1-8H3,(H,32,33)(H,34,37)/t23-/m1/s1. The van der Waals surface area contributed by atoms with Gasteiger partial charge in [0.15, 0.2) is 0 Å². The molecule has 2 heterocycles. The molecule has 6 nitrogen and oxygen atoms in total. The van der Waals surface area contributed by atoms with E-state index >= 15 is 0 Å². The van der Waals surface area contributed by atoms with Gasteiger partial charge in [0, 0.05) is 40.1 Å². The topological polar surface area (TPSA) is 79.2 Å². The van der Waals surface area contributed by atoms with Crippen molar-refractivity contribution in [2.45, 2.75) is 78.4 Å². The number of carbonyl (C=O) groups is 1. The maximum atomic E-state index is 14.0. The number of amides is 1. The predicted octanol–water partition coefficient (Wildman–Crippen LogP) is 7.19. The zero-order valence-electron chi connectivity index (χ0n) is 22.9. The molecule has 2 aromatic heterocycles. The maximum Gasteiger partial charge on any atom is 0.268 e.